The highest BCUT2D eigenvalue weighted by Crippen LogP contribution is 2.75. The van der Waals surface area contributed by atoms with Crippen LogP contribution in [0.15, 0.2) is 18.2 Å². The molecule has 4 heteroatoms. The third kappa shape index (κ3) is 1.56. The molecule has 2 bridgehead atoms. The molecule has 0 saturated heterocycles. The first-order valence-electron chi connectivity index (χ1n) is 6.53. The Bertz CT molecular complexity index is 535. The molecule has 1 aromatic carbocycles. The smallest absolute Gasteiger partial charge is 0.323 e. The number of halogens is 1. The van der Waals surface area contributed by atoms with E-state index in [4.69, 9.17) is 10.5 Å². The normalized spacial score (nSPS) is 33.1. The van der Waals surface area contributed by atoms with Crippen LogP contribution in [0.1, 0.15) is 30.4 Å². The van der Waals surface area contributed by atoms with Crippen LogP contribution in [0, 0.1) is 18.2 Å². The minimum Gasteiger partial charge on any atom is -0.468 e. The number of carbonyl (C=O) groups excluding carboxylic acids is 1. The van der Waals surface area contributed by atoms with E-state index in [2.05, 4.69) is 0 Å². The predicted molar refractivity (Wildman–Crippen MR) is 69.1 cm³/mol. The van der Waals surface area contributed by atoms with Crippen LogP contribution in [0.4, 0.5) is 4.39 Å². The van der Waals surface area contributed by atoms with E-state index in [0.29, 0.717) is 0 Å². The summed E-state index contributed by atoms with van der Waals surface area (Å²) in [5, 5.41) is 0. The molecule has 3 fully saturated rings. The van der Waals surface area contributed by atoms with Gasteiger partial charge in [-0.2, -0.15) is 0 Å². The molecule has 0 aromatic heterocycles. The van der Waals surface area contributed by atoms with Gasteiger partial charge in [0.1, 0.15) is 11.9 Å². The number of methoxy groups -OCH3 is 1. The number of rotatable bonds is 3. The van der Waals surface area contributed by atoms with E-state index in [1.54, 1.807) is 6.07 Å². The van der Waals surface area contributed by atoms with Crippen LogP contribution in [0.25, 0.3) is 0 Å². The fourth-order valence-electron chi connectivity index (χ4n) is 4.08. The van der Waals surface area contributed by atoms with Crippen LogP contribution in [-0.2, 0) is 14.9 Å². The van der Waals surface area contributed by atoms with Crippen LogP contribution >= 0.6 is 0 Å². The standard InChI is InChI=1S/C15H18FNO2/c1-9-5-10(16)3-4-11(9)14-6-15(7-14,8-14)12(17)13(18)19-2/h3-5,12H,6-8,17H2,1-2H3. The maximum absolute atomic E-state index is 13.1. The number of benzene rings is 1. The van der Waals surface area contributed by atoms with E-state index in [-0.39, 0.29) is 22.6 Å². The topological polar surface area (TPSA) is 52.3 Å². The third-order valence-electron chi connectivity index (χ3n) is 4.95. The summed E-state index contributed by atoms with van der Waals surface area (Å²) in [5.41, 5.74) is 8.18. The van der Waals surface area contributed by atoms with Gasteiger partial charge < -0.3 is 10.5 Å². The van der Waals surface area contributed by atoms with E-state index < -0.39 is 6.04 Å². The Morgan fingerprint density at radius 3 is 2.58 bits per heavy atom. The number of ether oxygens (including phenoxy) is 1. The molecule has 0 spiro atoms. The second-order valence-electron chi connectivity index (χ2n) is 6.13. The van der Waals surface area contributed by atoms with E-state index in [9.17, 15) is 9.18 Å². The van der Waals surface area contributed by atoms with Gasteiger partial charge in [0.25, 0.3) is 0 Å². The first-order chi connectivity index (χ1) is 8.92. The van der Waals surface area contributed by atoms with Crippen LogP contribution in [0.3, 0.4) is 0 Å². The van der Waals surface area contributed by atoms with Gasteiger partial charge in [0, 0.05) is 0 Å². The number of aryl methyl sites for hydroxylation is 1. The summed E-state index contributed by atoms with van der Waals surface area (Å²) < 4.78 is 17.9. The molecule has 1 atom stereocenters. The Kier molecular flexibility index (Phi) is 2.52. The molecule has 19 heavy (non-hydrogen) atoms. The predicted octanol–water partition coefficient (Wildman–Crippen LogP) is 2.06. The molecule has 0 amide bonds. The first-order valence-corrected chi connectivity index (χ1v) is 6.53. The summed E-state index contributed by atoms with van der Waals surface area (Å²) in [7, 11) is 1.37. The van der Waals surface area contributed by atoms with Crippen LogP contribution in [0.2, 0.25) is 0 Å². The Labute approximate surface area is 111 Å². The maximum Gasteiger partial charge on any atom is 0.323 e. The Morgan fingerprint density at radius 1 is 1.42 bits per heavy atom. The molecule has 102 valence electrons. The van der Waals surface area contributed by atoms with Crippen molar-refractivity contribution in [2.24, 2.45) is 11.1 Å². The average Bonchev–Trinajstić information content (AvgIpc) is 2.27. The van der Waals surface area contributed by atoms with Crippen molar-refractivity contribution in [2.45, 2.75) is 37.6 Å². The second kappa shape index (κ2) is 3.79. The van der Waals surface area contributed by atoms with Crippen molar-refractivity contribution in [1.82, 2.24) is 0 Å². The summed E-state index contributed by atoms with van der Waals surface area (Å²) in [6.45, 7) is 1.94. The van der Waals surface area contributed by atoms with E-state index in [1.165, 1.54) is 18.7 Å². The quantitative estimate of drug-likeness (QED) is 0.849. The zero-order valence-electron chi connectivity index (χ0n) is 11.2. The van der Waals surface area contributed by atoms with Gasteiger partial charge in [-0.15, -0.1) is 0 Å². The highest BCUT2D eigenvalue weighted by atomic mass is 19.1. The second-order valence-corrected chi connectivity index (χ2v) is 6.13. The van der Waals surface area contributed by atoms with Crippen molar-refractivity contribution in [3.05, 3.63) is 35.1 Å². The highest BCUT2D eigenvalue weighted by Gasteiger charge is 2.71. The molecule has 2 N–H and O–H groups in total. The van der Waals surface area contributed by atoms with Crippen molar-refractivity contribution >= 4 is 5.97 Å². The van der Waals surface area contributed by atoms with Crippen molar-refractivity contribution in [1.29, 1.82) is 0 Å². The molecule has 4 rings (SSSR count). The van der Waals surface area contributed by atoms with Crippen LogP contribution < -0.4 is 5.73 Å². The van der Waals surface area contributed by atoms with E-state index in [1.807, 2.05) is 13.0 Å². The van der Waals surface area contributed by atoms with Gasteiger partial charge in [-0.25, -0.2) is 4.39 Å². The Morgan fingerprint density at radius 2 is 2.05 bits per heavy atom. The lowest BCUT2D eigenvalue weighted by Crippen LogP contribution is -2.72. The number of nitrogens with two attached hydrogens (primary N) is 1. The lowest BCUT2D eigenvalue weighted by atomic mass is 9.31. The van der Waals surface area contributed by atoms with Crippen LogP contribution in [0.5, 0.6) is 0 Å². The van der Waals surface area contributed by atoms with Crippen molar-refractivity contribution in [3.8, 4) is 0 Å². The summed E-state index contributed by atoms with van der Waals surface area (Å²) >= 11 is 0. The molecule has 1 aromatic rings. The van der Waals surface area contributed by atoms with Gasteiger partial charge in [0.2, 0.25) is 0 Å². The highest BCUT2D eigenvalue weighted by molar-refractivity contribution is 5.78. The molecule has 1 unspecified atom stereocenters. The number of carbonyl (C=O) groups is 1. The first kappa shape index (κ1) is 12.6. The maximum atomic E-state index is 13.1. The Hall–Kier alpha value is -1.42. The van der Waals surface area contributed by atoms with Gasteiger partial charge in [-0.05, 0) is 60.3 Å². The minimum atomic E-state index is -0.528. The van der Waals surface area contributed by atoms with Crippen molar-refractivity contribution in [2.75, 3.05) is 7.11 Å². The van der Waals surface area contributed by atoms with Crippen molar-refractivity contribution < 1.29 is 13.9 Å². The Balaban J connectivity index is 1.78. The lowest BCUT2D eigenvalue weighted by molar-refractivity contribution is -0.181. The van der Waals surface area contributed by atoms with Gasteiger partial charge in [0.05, 0.1) is 7.11 Å². The van der Waals surface area contributed by atoms with Gasteiger partial charge >= 0.3 is 5.97 Å². The molecule has 0 aliphatic heterocycles. The summed E-state index contributed by atoms with van der Waals surface area (Å²) in [6.07, 6.45) is 2.72. The van der Waals surface area contributed by atoms with E-state index >= 15 is 0 Å². The zero-order chi connectivity index (χ0) is 13.8. The monoisotopic (exact) mass is 263 g/mol. The van der Waals surface area contributed by atoms with Crippen LogP contribution in [-0.4, -0.2) is 19.1 Å². The summed E-state index contributed by atoms with van der Waals surface area (Å²) in [5.74, 6) is -0.530. The molecule has 3 aliphatic carbocycles. The molecule has 3 nitrogen and oxygen atoms in total. The summed E-state index contributed by atoms with van der Waals surface area (Å²) in [6, 6.07) is 4.43. The van der Waals surface area contributed by atoms with E-state index in [0.717, 1.165) is 24.8 Å². The fraction of sp³-hybridized carbons (Fsp3) is 0.533. The zero-order valence-corrected chi connectivity index (χ0v) is 11.2. The average molecular weight is 263 g/mol. The largest absolute Gasteiger partial charge is 0.468 e. The molecular weight excluding hydrogens is 245 g/mol. The fourth-order valence-corrected chi connectivity index (χ4v) is 4.08. The SMILES string of the molecule is COC(=O)C(N)C12CC(c3ccc(F)cc3C)(C1)C2. The number of hydrogen-bond donors (Lipinski definition) is 1. The summed E-state index contributed by atoms with van der Waals surface area (Å²) in [4.78, 5) is 11.5. The molecule has 3 saturated carbocycles. The number of esters is 1. The van der Waals surface area contributed by atoms with Crippen molar-refractivity contribution in [3.63, 3.8) is 0 Å². The lowest BCUT2D eigenvalue weighted by Gasteiger charge is -2.72. The molecule has 3 aliphatic rings. The van der Waals surface area contributed by atoms with Gasteiger partial charge in [0.15, 0.2) is 0 Å². The number of hydrogen-bond acceptors (Lipinski definition) is 3. The molecular formula is C15H18FNO2. The minimum absolute atomic E-state index is 0.0894. The molecule has 0 heterocycles. The van der Waals surface area contributed by atoms with Gasteiger partial charge in [-0.1, -0.05) is 6.07 Å². The third-order valence-corrected chi connectivity index (χ3v) is 4.95. The van der Waals surface area contributed by atoms with Gasteiger partial charge in [-0.3, -0.25) is 4.79 Å². The molecule has 0 radical (unpaired) electrons.